The van der Waals surface area contributed by atoms with Gasteiger partial charge in [0.15, 0.2) is 0 Å². The van der Waals surface area contributed by atoms with Crippen LogP contribution < -0.4 is 4.90 Å². The summed E-state index contributed by atoms with van der Waals surface area (Å²) < 4.78 is 0. The minimum atomic E-state index is -1.03. The van der Waals surface area contributed by atoms with Gasteiger partial charge in [0.25, 0.3) is 5.91 Å². The van der Waals surface area contributed by atoms with E-state index in [9.17, 15) is 14.7 Å². The monoisotopic (exact) mass is 365 g/mol. The molecule has 0 bridgehead atoms. The summed E-state index contributed by atoms with van der Waals surface area (Å²) >= 11 is 1.19. The van der Waals surface area contributed by atoms with E-state index in [-0.39, 0.29) is 10.8 Å². The minimum absolute atomic E-state index is 0.172. The van der Waals surface area contributed by atoms with E-state index >= 15 is 0 Å². The number of nitrogens with zero attached hydrogens (tertiary/aromatic N) is 1. The fourth-order valence-corrected chi connectivity index (χ4v) is 3.76. The van der Waals surface area contributed by atoms with Gasteiger partial charge in [-0.1, -0.05) is 48.0 Å². The van der Waals surface area contributed by atoms with Crippen molar-refractivity contribution in [3.05, 3.63) is 76.7 Å². The summed E-state index contributed by atoms with van der Waals surface area (Å²) in [5.41, 5.74) is 2.98. The maximum Gasteiger partial charge on any atom is 0.348 e. The van der Waals surface area contributed by atoms with Crippen LogP contribution in [0.1, 0.15) is 32.5 Å². The second kappa shape index (κ2) is 7.54. The molecule has 3 rings (SSSR count). The summed E-state index contributed by atoms with van der Waals surface area (Å²) in [5.74, 6) is -1.23. The number of benzene rings is 2. The molecule has 2 aromatic carbocycles. The molecule has 3 aromatic rings. The van der Waals surface area contributed by atoms with Gasteiger partial charge in [-0.15, -0.1) is 11.3 Å². The van der Waals surface area contributed by atoms with Crippen molar-refractivity contribution in [1.29, 1.82) is 0 Å². The molecule has 0 radical (unpaired) electrons. The predicted molar refractivity (Wildman–Crippen MR) is 105 cm³/mol. The molecule has 0 saturated carbocycles. The van der Waals surface area contributed by atoms with Crippen LogP contribution in [-0.4, -0.2) is 23.5 Å². The Hall–Kier alpha value is -2.92. The van der Waals surface area contributed by atoms with Crippen molar-refractivity contribution in [2.45, 2.75) is 13.8 Å². The number of hydrogen-bond acceptors (Lipinski definition) is 3. The van der Waals surface area contributed by atoms with Crippen LogP contribution in [0.15, 0.2) is 60.7 Å². The molecule has 26 heavy (non-hydrogen) atoms. The Morgan fingerprint density at radius 1 is 1.04 bits per heavy atom. The van der Waals surface area contributed by atoms with Crippen LogP contribution in [0.3, 0.4) is 0 Å². The molecule has 0 spiro atoms. The Balaban J connectivity index is 2.04. The van der Waals surface area contributed by atoms with Gasteiger partial charge in [-0.3, -0.25) is 4.79 Å². The maximum atomic E-state index is 12.9. The molecule has 1 amide bonds. The average Bonchev–Trinajstić information content (AvgIpc) is 3.09. The smallest absolute Gasteiger partial charge is 0.348 e. The number of carboxylic acids is 1. The molecule has 0 aliphatic carbocycles. The van der Waals surface area contributed by atoms with Crippen molar-refractivity contribution in [3.63, 3.8) is 0 Å². The first kappa shape index (κ1) is 17.9. The number of carboxylic acid groups (broad SMARTS) is 1. The van der Waals surface area contributed by atoms with Gasteiger partial charge >= 0.3 is 5.97 Å². The number of carbonyl (C=O) groups is 2. The minimum Gasteiger partial charge on any atom is -0.477 e. The van der Waals surface area contributed by atoms with Crippen LogP contribution in [0.25, 0.3) is 10.4 Å². The molecule has 1 N–H and O–H groups in total. The maximum absolute atomic E-state index is 12.9. The van der Waals surface area contributed by atoms with Crippen molar-refractivity contribution in [3.8, 4) is 10.4 Å². The number of amides is 1. The second-order valence-corrected chi connectivity index (χ2v) is 6.96. The van der Waals surface area contributed by atoms with E-state index in [1.54, 1.807) is 18.2 Å². The summed E-state index contributed by atoms with van der Waals surface area (Å²) in [6, 6.07) is 18.7. The summed E-state index contributed by atoms with van der Waals surface area (Å²) in [4.78, 5) is 27.2. The van der Waals surface area contributed by atoms with E-state index in [2.05, 4.69) is 0 Å². The summed E-state index contributed by atoms with van der Waals surface area (Å²) in [5, 5.41) is 9.63. The SMILES string of the molecule is CCN(C(=O)c1ccc(C)cc1)c1cc(-c2ccccc2)sc1C(=O)O. The quantitative estimate of drug-likeness (QED) is 0.685. The molecule has 5 heteroatoms. The van der Waals surface area contributed by atoms with E-state index in [1.165, 1.54) is 16.2 Å². The van der Waals surface area contributed by atoms with Gasteiger partial charge < -0.3 is 10.0 Å². The van der Waals surface area contributed by atoms with Gasteiger partial charge in [0.1, 0.15) is 4.88 Å². The number of thiophene rings is 1. The van der Waals surface area contributed by atoms with Gasteiger partial charge in [0, 0.05) is 17.0 Å². The number of aromatic carboxylic acids is 1. The number of aryl methyl sites for hydroxylation is 1. The Morgan fingerprint density at radius 3 is 2.27 bits per heavy atom. The third-order valence-electron chi connectivity index (χ3n) is 4.12. The van der Waals surface area contributed by atoms with Gasteiger partial charge in [-0.2, -0.15) is 0 Å². The Labute approximate surface area is 156 Å². The largest absolute Gasteiger partial charge is 0.477 e. The van der Waals surface area contributed by atoms with Crippen molar-refractivity contribution in [1.82, 2.24) is 0 Å². The topological polar surface area (TPSA) is 57.6 Å². The number of carbonyl (C=O) groups excluding carboxylic acids is 1. The molecule has 4 nitrogen and oxygen atoms in total. The van der Waals surface area contributed by atoms with E-state index in [1.807, 2.05) is 56.3 Å². The fourth-order valence-electron chi connectivity index (χ4n) is 2.76. The van der Waals surface area contributed by atoms with Crippen LogP contribution in [0, 0.1) is 6.92 Å². The van der Waals surface area contributed by atoms with E-state index in [4.69, 9.17) is 0 Å². The van der Waals surface area contributed by atoms with Crippen LogP contribution in [-0.2, 0) is 0 Å². The fraction of sp³-hybridized carbons (Fsp3) is 0.143. The van der Waals surface area contributed by atoms with Gasteiger partial charge in [0.05, 0.1) is 5.69 Å². The number of rotatable bonds is 5. The molecule has 0 aliphatic heterocycles. The summed E-state index contributed by atoms with van der Waals surface area (Å²) in [6.45, 7) is 4.19. The predicted octanol–water partition coefficient (Wildman–Crippen LogP) is 5.09. The Bertz CT molecular complexity index is 930. The van der Waals surface area contributed by atoms with E-state index in [0.29, 0.717) is 17.8 Å². The van der Waals surface area contributed by atoms with Crippen molar-refractivity contribution in [2.75, 3.05) is 11.4 Å². The van der Waals surface area contributed by atoms with Gasteiger partial charge in [-0.05, 0) is 37.6 Å². The zero-order valence-electron chi connectivity index (χ0n) is 14.6. The summed E-state index contributed by atoms with van der Waals surface area (Å²) in [7, 11) is 0. The molecule has 0 aliphatic rings. The van der Waals surface area contributed by atoms with Crippen LogP contribution in [0.4, 0.5) is 5.69 Å². The molecular formula is C21H19NO3S. The van der Waals surface area contributed by atoms with E-state index in [0.717, 1.165) is 16.0 Å². The lowest BCUT2D eigenvalue weighted by molar-refractivity contribution is 0.0703. The lowest BCUT2D eigenvalue weighted by Crippen LogP contribution is -2.31. The highest BCUT2D eigenvalue weighted by molar-refractivity contribution is 7.18. The molecular weight excluding hydrogens is 346 g/mol. The third-order valence-corrected chi connectivity index (χ3v) is 5.28. The van der Waals surface area contributed by atoms with Crippen LogP contribution in [0.2, 0.25) is 0 Å². The normalized spacial score (nSPS) is 10.5. The zero-order valence-corrected chi connectivity index (χ0v) is 15.4. The standard InChI is InChI=1S/C21H19NO3S/c1-3-22(20(23)16-11-9-14(2)10-12-16)17-13-18(26-19(17)21(24)25)15-7-5-4-6-8-15/h4-13H,3H2,1-2H3,(H,24,25). The zero-order chi connectivity index (χ0) is 18.7. The first-order valence-corrected chi connectivity index (χ1v) is 9.14. The van der Waals surface area contributed by atoms with Crippen LogP contribution >= 0.6 is 11.3 Å². The lowest BCUT2D eigenvalue weighted by atomic mass is 10.1. The average molecular weight is 365 g/mol. The van der Waals surface area contributed by atoms with Gasteiger partial charge in [-0.25, -0.2) is 4.79 Å². The van der Waals surface area contributed by atoms with E-state index < -0.39 is 5.97 Å². The Morgan fingerprint density at radius 2 is 1.69 bits per heavy atom. The first-order chi connectivity index (χ1) is 12.5. The molecule has 0 fully saturated rings. The molecule has 1 aromatic heterocycles. The Kier molecular flexibility index (Phi) is 5.19. The van der Waals surface area contributed by atoms with Crippen molar-refractivity contribution < 1.29 is 14.7 Å². The van der Waals surface area contributed by atoms with Crippen molar-refractivity contribution >= 4 is 28.9 Å². The third kappa shape index (κ3) is 3.53. The van der Waals surface area contributed by atoms with Crippen molar-refractivity contribution in [2.24, 2.45) is 0 Å². The molecule has 0 unspecified atom stereocenters. The first-order valence-electron chi connectivity index (χ1n) is 8.32. The molecule has 132 valence electrons. The highest BCUT2D eigenvalue weighted by Crippen LogP contribution is 2.37. The number of hydrogen-bond donors (Lipinski definition) is 1. The highest BCUT2D eigenvalue weighted by atomic mass is 32.1. The summed E-state index contributed by atoms with van der Waals surface area (Å²) in [6.07, 6.45) is 0. The lowest BCUT2D eigenvalue weighted by Gasteiger charge is -2.20. The molecule has 0 saturated heterocycles. The van der Waals surface area contributed by atoms with Gasteiger partial charge in [0.2, 0.25) is 0 Å². The second-order valence-electron chi connectivity index (χ2n) is 5.91. The van der Waals surface area contributed by atoms with Crippen LogP contribution in [0.5, 0.6) is 0 Å². The number of anilines is 1. The highest BCUT2D eigenvalue weighted by Gasteiger charge is 2.25. The molecule has 1 heterocycles. The molecule has 0 atom stereocenters.